The van der Waals surface area contributed by atoms with Crippen LogP contribution in [0.4, 0.5) is 0 Å². The van der Waals surface area contributed by atoms with Crippen molar-refractivity contribution in [2.24, 2.45) is 41.4 Å². The lowest BCUT2D eigenvalue weighted by molar-refractivity contribution is -0.194. The first-order valence-corrected chi connectivity index (χ1v) is 50.0. The van der Waals surface area contributed by atoms with E-state index in [0.29, 0.717) is 175 Å². The maximum absolute atomic E-state index is 14.4. The Bertz CT molecular complexity index is 4090. The molecule has 12 atom stereocenters. The van der Waals surface area contributed by atoms with Crippen LogP contribution >= 0.6 is 11.8 Å². The molecule has 5 rings (SSSR count). The minimum atomic E-state index is -1.52. The number of aliphatic hydroxyl groups excluding tert-OH is 3. The van der Waals surface area contributed by atoms with Crippen LogP contribution in [-0.4, -0.2) is 391 Å². The molecule has 11 N–H and O–H groups in total. The van der Waals surface area contributed by atoms with Crippen molar-refractivity contribution in [3.63, 3.8) is 0 Å². The topological polar surface area (TPSA) is 559 Å². The highest BCUT2D eigenvalue weighted by Crippen LogP contribution is 2.35. The van der Waals surface area contributed by atoms with Crippen molar-refractivity contribution in [2.45, 2.75) is 180 Å². The second kappa shape index (κ2) is 74.4. The number of aliphatic hydroxyl groups is 3. The first kappa shape index (κ1) is 123. The van der Waals surface area contributed by atoms with Crippen molar-refractivity contribution in [2.75, 3.05) is 237 Å². The van der Waals surface area contributed by atoms with Crippen LogP contribution in [0.25, 0.3) is 10.9 Å². The van der Waals surface area contributed by atoms with Crippen molar-refractivity contribution in [3.05, 3.63) is 65.9 Å². The average molecular weight is 2020 g/mol. The van der Waals surface area contributed by atoms with E-state index in [-0.39, 0.29) is 178 Å². The molecule has 42 nitrogen and oxygen atoms in total. The number of Topliss-reactive ketones (excluding diaryl/α,β-unsaturated/α-hetero) is 4. The summed E-state index contributed by atoms with van der Waals surface area (Å²) in [5.41, 5.74) is 2.02. The number of carboxylic acids is 1. The number of nitrogens with one attached hydrogen (secondary N) is 6. The Morgan fingerprint density at radius 1 is 0.553 bits per heavy atom. The Labute approximate surface area is 830 Å². The van der Waals surface area contributed by atoms with Crippen molar-refractivity contribution in [1.82, 2.24) is 36.5 Å². The SMILES string of the molecule is CCC(CO)OC(COC(=O)CCCC(=O)NCCN1C(=O)CC(SCCOCCOCCOCCOCCOCCOCCOCCOCCOCCOCCOCCOCCC(=O)NCCOCCOCC(=O)C[C@@H](CC(C)C)C(=O)N[C@H](C(=O)C[C@H](C(=O)N[C@@H](CO)C(=O)C2CCCC2C(=O)N[C@@H](Cc2c[nH]c3ccccc23)C(=O)C[C@@H](Cc2ccc(O)cc2)C(=O)O)C(C)C)[C@@H](C)O)C1=O)OC. The Kier molecular flexibility index (Phi) is 64.9. The van der Waals surface area contributed by atoms with Gasteiger partial charge in [-0.1, -0.05) is 71.4 Å². The highest BCUT2D eigenvalue weighted by atomic mass is 32.2. The third-order valence-corrected chi connectivity index (χ3v) is 24.2. The van der Waals surface area contributed by atoms with Crippen LogP contribution in [0, 0.1) is 41.4 Å². The first-order chi connectivity index (χ1) is 68.1. The summed E-state index contributed by atoms with van der Waals surface area (Å²) in [6.45, 7) is 18.4. The zero-order chi connectivity index (χ0) is 103. The maximum atomic E-state index is 14.4. The number of phenolic OH excluding ortho intramolecular Hbond substituents is 1. The summed E-state index contributed by atoms with van der Waals surface area (Å²) in [5, 5.41) is 64.7. The van der Waals surface area contributed by atoms with E-state index in [2.05, 4.69) is 31.6 Å². The molecule has 1 saturated heterocycles. The number of aromatic hydroxyl groups is 1. The Hall–Kier alpha value is -8.52. The first-order valence-electron chi connectivity index (χ1n) is 49.0. The van der Waals surface area contributed by atoms with Crippen LogP contribution in [0.1, 0.15) is 136 Å². The van der Waals surface area contributed by atoms with Gasteiger partial charge < -0.3 is 138 Å². The van der Waals surface area contributed by atoms with Gasteiger partial charge in [-0.05, 0) is 86.6 Å². The van der Waals surface area contributed by atoms with Crippen LogP contribution < -0.4 is 26.6 Å². The molecule has 5 unspecified atom stereocenters. The summed E-state index contributed by atoms with van der Waals surface area (Å²) in [7, 11) is 1.40. The van der Waals surface area contributed by atoms with Gasteiger partial charge in [-0.3, -0.25) is 67.2 Å². The van der Waals surface area contributed by atoms with Gasteiger partial charge in [0.05, 0.1) is 221 Å². The van der Waals surface area contributed by atoms with Crippen LogP contribution in [-0.2, 0) is 156 Å². The molecule has 0 bridgehead atoms. The lowest BCUT2D eigenvalue weighted by Gasteiger charge is -2.29. The summed E-state index contributed by atoms with van der Waals surface area (Å²) in [6, 6.07) is 9.04. The molecular formula is C98H155N7O35S. The number of esters is 1. The molecule has 2 aliphatic rings. The standard InChI is InChI=1S/C98H155N7O35S/c1-8-76(63-106)140-91(124-7)66-139-90(116)18-12-17-87(113)99-24-26-105-89(115)61-86(97(105)121)141-54-53-137-50-49-136-48-47-135-46-45-134-44-43-133-42-41-132-40-39-131-38-37-130-36-35-129-34-33-128-32-31-127-30-29-125-27-23-88(114)100-25-28-126-51-52-138-65-75(110)57-71(55-67(2)3)94(118)104-92(69(6)108)85(112)60-80(68(4)5)96(120)103-83(64-107)93(117)78-14-11-15-79(78)95(119)102-82(58-73-62-101-81-16-10-9-13-77(73)81)84(111)59-72(98(122)123)56-70-19-21-74(109)22-20-70/h9-10,13,16,19-22,62,67-69,71-72,76,78-80,82-83,86,91-92,101,106-109H,8,11-12,14-15,17-18,23-61,63-66H2,1-7H3,(H,99,113)(H,100,114)(H,102,119)(H,103,120)(H,104,118)(H,122,123)/t69-,71-,72-,76?,78?,79?,80+,82+,83+,86?,91?,92+/m1/s1. The van der Waals surface area contributed by atoms with Crippen LogP contribution in [0.5, 0.6) is 5.75 Å². The summed E-state index contributed by atoms with van der Waals surface area (Å²) in [5.74, 6) is -12.7. The molecule has 1 aliphatic carbocycles. The van der Waals surface area contributed by atoms with Gasteiger partial charge in [-0.2, -0.15) is 0 Å². The fourth-order valence-electron chi connectivity index (χ4n) is 15.2. The number of nitrogens with zero attached hydrogens (tertiary/aromatic N) is 1. The number of carboxylic acid groups (broad SMARTS) is 1. The summed E-state index contributed by atoms with van der Waals surface area (Å²) in [6.07, 6.45) is -0.0985. The number of thioether (sulfide) groups is 1. The molecule has 2 heterocycles. The number of aliphatic carboxylic acids is 1. The van der Waals surface area contributed by atoms with E-state index in [1.165, 1.54) is 37.9 Å². The number of ether oxygens (including phenoxy) is 17. The third-order valence-electron chi connectivity index (χ3n) is 23.0. The molecule has 43 heteroatoms. The number of hydrogen-bond acceptors (Lipinski definition) is 35. The van der Waals surface area contributed by atoms with E-state index in [9.17, 15) is 87.9 Å². The minimum Gasteiger partial charge on any atom is -0.508 e. The molecule has 0 radical (unpaired) electrons. The smallest absolute Gasteiger partial charge is 0.307 e. The Morgan fingerprint density at radius 3 is 1.62 bits per heavy atom. The largest absolute Gasteiger partial charge is 0.508 e. The number of carbonyl (C=O) groups excluding carboxylic acids is 12. The van der Waals surface area contributed by atoms with Gasteiger partial charge in [0.1, 0.15) is 31.0 Å². The molecular weight excluding hydrogens is 1870 g/mol. The van der Waals surface area contributed by atoms with Gasteiger partial charge in [0.15, 0.2) is 29.4 Å². The number of imide groups is 1. The fourth-order valence-corrected chi connectivity index (χ4v) is 16.3. The number of rotatable bonds is 88. The molecule has 3 aromatic rings. The Balaban J connectivity index is 0.772. The number of amides is 7. The lowest BCUT2D eigenvalue weighted by atomic mass is 9.85. The molecule has 1 aromatic heterocycles. The van der Waals surface area contributed by atoms with E-state index in [1.807, 2.05) is 45.0 Å². The van der Waals surface area contributed by atoms with E-state index >= 15 is 0 Å². The number of hydrogen-bond donors (Lipinski definition) is 11. The van der Waals surface area contributed by atoms with E-state index in [0.717, 1.165) is 15.8 Å². The molecule has 798 valence electrons. The van der Waals surface area contributed by atoms with E-state index in [1.54, 1.807) is 32.2 Å². The van der Waals surface area contributed by atoms with Crippen LogP contribution in [0.15, 0.2) is 54.7 Å². The number of likely N-dealkylation sites (tertiary alicyclic amines) is 1. The number of aromatic nitrogens is 1. The maximum Gasteiger partial charge on any atom is 0.307 e. The number of para-hydroxylation sites is 1. The zero-order valence-corrected chi connectivity index (χ0v) is 83.8. The number of carbonyl (C=O) groups is 13. The van der Waals surface area contributed by atoms with Gasteiger partial charge in [0, 0.05) is 125 Å². The lowest BCUT2D eigenvalue weighted by Crippen LogP contribution is -2.53. The van der Waals surface area contributed by atoms with Crippen molar-refractivity contribution in [1.29, 1.82) is 0 Å². The predicted octanol–water partition coefficient (Wildman–Crippen LogP) is 3.17. The Morgan fingerprint density at radius 2 is 1.09 bits per heavy atom. The predicted molar refractivity (Wildman–Crippen MR) is 513 cm³/mol. The molecule has 7 amide bonds. The monoisotopic (exact) mass is 2020 g/mol. The fraction of sp³-hybridized carbons (Fsp3) is 0.724. The number of aromatic amines is 1. The summed E-state index contributed by atoms with van der Waals surface area (Å²) in [4.78, 5) is 178. The number of methoxy groups -OCH3 is 1. The normalized spacial score (nSPS) is 16.3. The molecule has 1 aliphatic heterocycles. The number of phenols is 1. The quantitative estimate of drug-likeness (QED) is 0.0167. The number of benzene rings is 2. The third kappa shape index (κ3) is 52.2. The van der Waals surface area contributed by atoms with Crippen molar-refractivity contribution < 1.29 is 168 Å². The second-order valence-corrected chi connectivity index (χ2v) is 36.1. The van der Waals surface area contributed by atoms with Gasteiger partial charge in [-0.15, -0.1) is 11.8 Å². The number of fused-ring (bicyclic) bond motifs is 1. The minimum absolute atomic E-state index is 0.000997. The average Bonchev–Trinajstić information content (AvgIpc) is 1.69. The van der Waals surface area contributed by atoms with Gasteiger partial charge >= 0.3 is 11.9 Å². The van der Waals surface area contributed by atoms with Crippen molar-refractivity contribution in [3.8, 4) is 5.75 Å². The highest BCUT2D eigenvalue weighted by Gasteiger charge is 2.44. The van der Waals surface area contributed by atoms with Crippen LogP contribution in [0.3, 0.4) is 0 Å². The van der Waals surface area contributed by atoms with Gasteiger partial charge in [-0.25, -0.2) is 0 Å². The molecule has 0 spiro atoms. The molecule has 1 saturated carbocycles. The summed E-state index contributed by atoms with van der Waals surface area (Å²) >= 11 is 1.35. The number of ketones is 4. The number of H-pyrrole nitrogens is 1. The molecule has 2 fully saturated rings. The van der Waals surface area contributed by atoms with Crippen LogP contribution in [0.2, 0.25) is 0 Å². The van der Waals surface area contributed by atoms with Gasteiger partial charge in [0.2, 0.25) is 41.4 Å². The summed E-state index contributed by atoms with van der Waals surface area (Å²) < 4.78 is 93.4. The van der Waals surface area contributed by atoms with Crippen molar-refractivity contribution >= 4 is 99.1 Å². The van der Waals surface area contributed by atoms with Gasteiger partial charge in [0.25, 0.3) is 0 Å². The molecule has 2 aromatic carbocycles. The molecule has 141 heavy (non-hydrogen) atoms. The van der Waals surface area contributed by atoms with E-state index < -0.39 is 150 Å². The van der Waals surface area contributed by atoms with E-state index in [4.69, 9.17) is 80.5 Å². The zero-order valence-electron chi connectivity index (χ0n) is 83.0. The highest BCUT2D eigenvalue weighted by molar-refractivity contribution is 8.00. The second-order valence-electron chi connectivity index (χ2n) is 34.8.